The molecule has 0 saturated carbocycles. The molecule has 1 aliphatic heterocycles. The molecule has 4 rings (SSSR count). The molecule has 1 amide bonds. The Labute approximate surface area is 193 Å². The molecule has 2 aromatic carbocycles. The van der Waals surface area contributed by atoms with Gasteiger partial charge >= 0.3 is 0 Å². The number of hydrogen-bond donors (Lipinski definition) is 0. The highest BCUT2D eigenvalue weighted by molar-refractivity contribution is 6.31. The number of nitrogens with zero attached hydrogens (tertiary/aromatic N) is 3. The van der Waals surface area contributed by atoms with Crippen molar-refractivity contribution in [1.29, 1.82) is 0 Å². The Morgan fingerprint density at radius 3 is 2.79 bits per heavy atom. The van der Waals surface area contributed by atoms with Crippen LogP contribution in [0.3, 0.4) is 0 Å². The lowest BCUT2D eigenvalue weighted by Crippen LogP contribution is -2.31. The van der Waals surface area contributed by atoms with E-state index in [0.29, 0.717) is 13.0 Å². The van der Waals surface area contributed by atoms with Crippen LogP contribution in [0.2, 0.25) is 5.02 Å². The van der Waals surface area contributed by atoms with Crippen molar-refractivity contribution >= 4 is 23.2 Å². The van der Waals surface area contributed by atoms with Gasteiger partial charge in [-0.1, -0.05) is 23.7 Å². The number of halogens is 3. The van der Waals surface area contributed by atoms with Crippen LogP contribution in [-0.4, -0.2) is 35.7 Å². The number of benzene rings is 2. The topological polar surface area (TPSA) is 73.7 Å². The monoisotopic (exact) mass is 475 g/mol. The lowest BCUT2D eigenvalue weighted by Gasteiger charge is -2.17. The van der Waals surface area contributed by atoms with Gasteiger partial charge in [-0.2, -0.15) is 0 Å². The second kappa shape index (κ2) is 9.68. The summed E-state index contributed by atoms with van der Waals surface area (Å²) in [5.41, 5.74) is 2.27. The van der Waals surface area contributed by atoms with E-state index in [1.54, 1.807) is 4.90 Å². The second-order valence-corrected chi connectivity index (χ2v) is 7.89. The van der Waals surface area contributed by atoms with Crippen molar-refractivity contribution in [3.63, 3.8) is 0 Å². The third-order valence-electron chi connectivity index (χ3n) is 5.29. The fourth-order valence-corrected chi connectivity index (χ4v) is 3.87. The van der Waals surface area contributed by atoms with Crippen molar-refractivity contribution in [2.24, 2.45) is 0 Å². The van der Waals surface area contributed by atoms with Crippen molar-refractivity contribution in [1.82, 2.24) is 9.55 Å². The van der Waals surface area contributed by atoms with Gasteiger partial charge in [-0.05, 0) is 35.7 Å². The Balaban J connectivity index is 1.48. The summed E-state index contributed by atoms with van der Waals surface area (Å²) in [6.45, 7) is 0.557. The standard InChI is InChI=1S/C23H20ClF2N3O4/c1-32-12-20(30)29-7-6-15-8-14(2-5-19(15)29)10-28-13-27-22(21(24)23(28)31)33-11-16-3-4-17(25)9-18(16)26/h2-5,8-9,13H,6-7,10-12H2,1H3. The predicted molar refractivity (Wildman–Crippen MR) is 118 cm³/mol. The Morgan fingerprint density at radius 2 is 2.03 bits per heavy atom. The smallest absolute Gasteiger partial charge is 0.276 e. The van der Waals surface area contributed by atoms with Gasteiger partial charge < -0.3 is 14.4 Å². The van der Waals surface area contributed by atoms with E-state index in [1.807, 2.05) is 18.2 Å². The lowest BCUT2D eigenvalue weighted by atomic mass is 10.1. The molecule has 0 fully saturated rings. The molecule has 0 bridgehead atoms. The second-order valence-electron chi connectivity index (χ2n) is 7.51. The van der Waals surface area contributed by atoms with Crippen LogP contribution >= 0.6 is 11.6 Å². The number of fused-ring (bicyclic) bond motifs is 1. The molecule has 0 aliphatic carbocycles. The summed E-state index contributed by atoms with van der Waals surface area (Å²) < 4.78 is 38.4. The highest BCUT2D eigenvalue weighted by Gasteiger charge is 2.24. The van der Waals surface area contributed by atoms with Gasteiger partial charge in [0.1, 0.15) is 31.2 Å². The molecule has 0 radical (unpaired) electrons. The summed E-state index contributed by atoms with van der Waals surface area (Å²) in [6, 6.07) is 8.72. The maximum absolute atomic E-state index is 13.8. The molecule has 0 atom stereocenters. The first-order valence-corrected chi connectivity index (χ1v) is 10.5. The van der Waals surface area contributed by atoms with Crippen molar-refractivity contribution in [2.45, 2.75) is 19.6 Å². The van der Waals surface area contributed by atoms with Crippen molar-refractivity contribution in [3.8, 4) is 5.88 Å². The van der Waals surface area contributed by atoms with E-state index in [2.05, 4.69) is 4.98 Å². The molecule has 0 unspecified atom stereocenters. The first kappa shape index (κ1) is 22.9. The zero-order valence-electron chi connectivity index (χ0n) is 17.7. The molecule has 3 aromatic rings. The van der Waals surface area contributed by atoms with Gasteiger partial charge in [0.05, 0.1) is 6.54 Å². The number of ether oxygens (including phenoxy) is 2. The molecule has 0 saturated heterocycles. The third kappa shape index (κ3) is 4.89. The number of rotatable bonds is 7. The van der Waals surface area contributed by atoms with Crippen LogP contribution < -0.4 is 15.2 Å². The molecule has 10 heteroatoms. The van der Waals surface area contributed by atoms with Crippen LogP contribution in [0.25, 0.3) is 0 Å². The van der Waals surface area contributed by atoms with Crippen LogP contribution in [0.4, 0.5) is 14.5 Å². The Kier molecular flexibility index (Phi) is 6.71. The van der Waals surface area contributed by atoms with Crippen LogP contribution in [0.15, 0.2) is 47.5 Å². The van der Waals surface area contributed by atoms with Crippen LogP contribution in [0.1, 0.15) is 16.7 Å². The summed E-state index contributed by atoms with van der Waals surface area (Å²) in [6.07, 6.45) is 2.01. The molecular formula is C23H20ClF2N3O4. The van der Waals surface area contributed by atoms with Gasteiger partial charge in [0.25, 0.3) is 11.5 Å². The zero-order valence-corrected chi connectivity index (χ0v) is 18.4. The fourth-order valence-electron chi connectivity index (χ4n) is 3.66. The van der Waals surface area contributed by atoms with E-state index >= 15 is 0 Å². The number of carbonyl (C=O) groups is 1. The molecule has 0 spiro atoms. The molecule has 172 valence electrons. The van der Waals surface area contributed by atoms with Crippen molar-refractivity contribution < 1.29 is 23.0 Å². The lowest BCUT2D eigenvalue weighted by molar-refractivity contribution is -0.122. The van der Waals surface area contributed by atoms with Gasteiger partial charge in [-0.15, -0.1) is 0 Å². The number of amides is 1. The molecule has 1 aromatic heterocycles. The van der Waals surface area contributed by atoms with Gasteiger partial charge in [0.2, 0.25) is 5.88 Å². The van der Waals surface area contributed by atoms with Crippen molar-refractivity contribution in [3.05, 3.63) is 86.4 Å². The summed E-state index contributed by atoms with van der Waals surface area (Å²) in [5.74, 6) is -1.70. The van der Waals surface area contributed by atoms with Gasteiger partial charge in [0, 0.05) is 31.0 Å². The predicted octanol–water partition coefficient (Wildman–Crippen LogP) is 3.34. The van der Waals surface area contributed by atoms with E-state index in [1.165, 1.54) is 24.1 Å². The van der Waals surface area contributed by atoms with E-state index in [-0.39, 0.29) is 42.1 Å². The van der Waals surface area contributed by atoms with Crippen LogP contribution in [-0.2, 0) is 29.1 Å². The quantitative estimate of drug-likeness (QED) is 0.524. The van der Waals surface area contributed by atoms with Gasteiger partial charge in [-0.3, -0.25) is 14.2 Å². The van der Waals surface area contributed by atoms with Crippen LogP contribution in [0.5, 0.6) is 5.88 Å². The summed E-state index contributed by atoms with van der Waals surface area (Å²) in [5, 5.41) is -0.238. The zero-order chi connectivity index (χ0) is 23.5. The largest absolute Gasteiger partial charge is 0.471 e. The normalized spacial score (nSPS) is 12.7. The average molecular weight is 476 g/mol. The SMILES string of the molecule is COCC(=O)N1CCc2cc(Cn3cnc(OCc4ccc(F)cc4F)c(Cl)c3=O)ccc21. The molecule has 1 aliphatic rings. The Bertz CT molecular complexity index is 1260. The van der Waals surface area contributed by atoms with E-state index in [0.717, 1.165) is 28.9 Å². The number of carbonyl (C=O) groups excluding carboxylic acids is 1. The minimum absolute atomic E-state index is 0.0168. The first-order chi connectivity index (χ1) is 15.9. The summed E-state index contributed by atoms with van der Waals surface area (Å²) in [7, 11) is 1.48. The van der Waals surface area contributed by atoms with E-state index in [9.17, 15) is 18.4 Å². The summed E-state index contributed by atoms with van der Waals surface area (Å²) >= 11 is 6.14. The highest BCUT2D eigenvalue weighted by Crippen LogP contribution is 2.29. The van der Waals surface area contributed by atoms with Crippen LogP contribution in [0, 0.1) is 11.6 Å². The number of aromatic nitrogens is 2. The third-order valence-corrected chi connectivity index (χ3v) is 5.61. The van der Waals surface area contributed by atoms with Crippen molar-refractivity contribution in [2.75, 3.05) is 25.2 Å². The maximum Gasteiger partial charge on any atom is 0.276 e. The maximum atomic E-state index is 13.8. The summed E-state index contributed by atoms with van der Waals surface area (Å²) in [4.78, 5) is 30.6. The minimum atomic E-state index is -0.765. The molecular weight excluding hydrogens is 456 g/mol. The highest BCUT2D eigenvalue weighted by atomic mass is 35.5. The average Bonchev–Trinajstić information content (AvgIpc) is 3.21. The minimum Gasteiger partial charge on any atom is -0.471 e. The number of methoxy groups -OCH3 is 1. The molecule has 2 heterocycles. The number of hydrogen-bond acceptors (Lipinski definition) is 5. The molecule has 33 heavy (non-hydrogen) atoms. The van der Waals surface area contributed by atoms with E-state index < -0.39 is 17.2 Å². The van der Waals surface area contributed by atoms with Gasteiger partial charge in [-0.25, -0.2) is 13.8 Å². The fraction of sp³-hybridized carbons (Fsp3) is 0.261. The Hall–Kier alpha value is -3.30. The Morgan fingerprint density at radius 1 is 1.21 bits per heavy atom. The van der Waals surface area contributed by atoms with Gasteiger partial charge in [0.15, 0.2) is 5.02 Å². The molecule has 7 nitrogen and oxygen atoms in total. The molecule has 0 N–H and O–H groups in total. The number of anilines is 1. The van der Waals surface area contributed by atoms with E-state index in [4.69, 9.17) is 21.1 Å². The first-order valence-electron chi connectivity index (χ1n) is 10.1.